The van der Waals surface area contributed by atoms with Gasteiger partial charge in [-0.15, -0.1) is 12.4 Å². The molecule has 2 fully saturated rings. The van der Waals surface area contributed by atoms with Gasteiger partial charge in [0.2, 0.25) is 0 Å². The number of ether oxygens (including phenoxy) is 1. The molecule has 0 N–H and O–H groups in total. The number of rotatable bonds is 8. The minimum absolute atomic E-state index is 0. The summed E-state index contributed by atoms with van der Waals surface area (Å²) in [6.45, 7) is 8.24. The average molecular weight is 503 g/mol. The molecule has 8 heteroatoms. The smallest absolute Gasteiger partial charge is 0.165 e. The van der Waals surface area contributed by atoms with E-state index in [1.807, 2.05) is 24.3 Å². The number of hydrogen-bond donors (Lipinski definition) is 0. The number of hydrogen-bond acceptors (Lipinski definition) is 4. The van der Waals surface area contributed by atoms with Crippen LogP contribution in [0.15, 0.2) is 36.4 Å². The van der Waals surface area contributed by atoms with Crippen LogP contribution in [-0.4, -0.2) is 62.2 Å². The number of piperazine rings is 1. The summed E-state index contributed by atoms with van der Waals surface area (Å²) in [7, 11) is 0. The molecule has 0 saturated carbocycles. The third-order valence-electron chi connectivity index (χ3n) is 6.12. The summed E-state index contributed by atoms with van der Waals surface area (Å²) in [5.41, 5.74) is 2.02. The normalized spacial score (nSPS) is 17.4. The number of nitrogens with zero attached hydrogens (tertiary/aromatic N) is 3. The Balaban J connectivity index is 0.00000289. The molecule has 0 aliphatic carbocycles. The van der Waals surface area contributed by atoms with E-state index in [1.54, 1.807) is 12.1 Å². The number of likely N-dealkylation sites (tertiary alicyclic amines) is 1. The van der Waals surface area contributed by atoms with Gasteiger partial charge in [-0.05, 0) is 62.2 Å². The first-order valence-electron chi connectivity index (χ1n) is 11.1. The quantitative estimate of drug-likeness (QED) is 0.428. The zero-order valence-electron chi connectivity index (χ0n) is 18.2. The number of anilines is 1. The van der Waals surface area contributed by atoms with Gasteiger partial charge in [0.25, 0.3) is 0 Å². The predicted molar refractivity (Wildman–Crippen MR) is 133 cm³/mol. The van der Waals surface area contributed by atoms with Crippen LogP contribution < -0.4 is 9.64 Å². The van der Waals surface area contributed by atoms with Crippen molar-refractivity contribution in [1.82, 2.24) is 9.80 Å². The van der Waals surface area contributed by atoms with Crippen LogP contribution in [0.4, 0.5) is 10.1 Å². The fourth-order valence-electron chi connectivity index (χ4n) is 4.38. The molecule has 2 heterocycles. The van der Waals surface area contributed by atoms with E-state index in [0.29, 0.717) is 22.4 Å². The molecule has 0 bridgehead atoms. The Morgan fingerprint density at radius 3 is 2.38 bits per heavy atom. The molecule has 2 aliphatic heterocycles. The Morgan fingerprint density at radius 1 is 0.906 bits per heavy atom. The molecule has 2 aromatic carbocycles. The van der Waals surface area contributed by atoms with Crippen molar-refractivity contribution in [3.8, 4) is 5.75 Å². The summed E-state index contributed by atoms with van der Waals surface area (Å²) < 4.78 is 20.1. The van der Waals surface area contributed by atoms with Gasteiger partial charge in [-0.25, -0.2) is 4.39 Å². The van der Waals surface area contributed by atoms with Gasteiger partial charge < -0.3 is 9.64 Å². The van der Waals surface area contributed by atoms with Crippen molar-refractivity contribution in [3.63, 3.8) is 0 Å². The fraction of sp³-hybridized carbons (Fsp3) is 0.500. The van der Waals surface area contributed by atoms with Crippen LogP contribution in [0.1, 0.15) is 24.8 Å². The largest absolute Gasteiger partial charge is 0.490 e. The van der Waals surface area contributed by atoms with Crippen molar-refractivity contribution in [1.29, 1.82) is 0 Å². The summed E-state index contributed by atoms with van der Waals surface area (Å²) in [5.74, 6) is 0.0919. The minimum Gasteiger partial charge on any atom is -0.490 e. The first kappa shape index (κ1) is 25.4. The molecule has 4 rings (SSSR count). The molecule has 0 radical (unpaired) electrons. The Morgan fingerprint density at radius 2 is 1.66 bits per heavy atom. The summed E-state index contributed by atoms with van der Waals surface area (Å²) in [4.78, 5) is 7.06. The zero-order valence-corrected chi connectivity index (χ0v) is 20.6. The molecule has 0 spiro atoms. The van der Waals surface area contributed by atoms with Crippen molar-refractivity contribution in [2.75, 3.05) is 57.3 Å². The Kier molecular flexibility index (Phi) is 9.75. The van der Waals surface area contributed by atoms with Crippen molar-refractivity contribution < 1.29 is 9.13 Å². The first-order valence-corrected chi connectivity index (χ1v) is 11.9. The molecule has 176 valence electrons. The van der Waals surface area contributed by atoms with Crippen molar-refractivity contribution in [2.45, 2.75) is 25.8 Å². The summed E-state index contributed by atoms with van der Waals surface area (Å²) in [5, 5.41) is 1.22. The molecule has 32 heavy (non-hydrogen) atoms. The van der Waals surface area contributed by atoms with Crippen LogP contribution in [-0.2, 0) is 6.54 Å². The highest BCUT2D eigenvalue weighted by molar-refractivity contribution is 6.43. The summed E-state index contributed by atoms with van der Waals surface area (Å²) in [6, 6.07) is 11.1. The van der Waals surface area contributed by atoms with Crippen molar-refractivity contribution in [2.24, 2.45) is 0 Å². The SMILES string of the molecule is Cl.Fc1cc(CN2CCCC2)ccc1OCCCN1CCN(c2cccc(Cl)c2Cl)CC1. The predicted octanol–water partition coefficient (Wildman–Crippen LogP) is 5.74. The van der Waals surface area contributed by atoms with Crippen LogP contribution in [0, 0.1) is 5.82 Å². The highest BCUT2D eigenvalue weighted by Gasteiger charge is 2.19. The Hall–Kier alpha value is -1.24. The number of benzene rings is 2. The molecule has 0 amide bonds. The second-order valence-electron chi connectivity index (χ2n) is 8.35. The van der Waals surface area contributed by atoms with E-state index in [1.165, 1.54) is 12.8 Å². The van der Waals surface area contributed by atoms with Crippen molar-refractivity contribution >= 4 is 41.3 Å². The molecule has 0 aromatic heterocycles. The first-order chi connectivity index (χ1) is 15.1. The van der Waals surface area contributed by atoms with Gasteiger partial charge in [0.1, 0.15) is 0 Å². The zero-order chi connectivity index (χ0) is 21.6. The standard InChI is InChI=1S/C24H30Cl2FN3O.ClH/c25-20-5-3-6-22(24(20)26)30-14-12-28(13-15-30)11-4-16-31-23-8-7-19(17-21(23)27)18-29-9-1-2-10-29;/h3,5-8,17H,1-2,4,9-16,18H2;1H. The lowest BCUT2D eigenvalue weighted by Gasteiger charge is -2.36. The molecule has 0 unspecified atom stereocenters. The average Bonchev–Trinajstić information content (AvgIpc) is 3.28. The van der Waals surface area contributed by atoms with Crippen LogP contribution in [0.25, 0.3) is 0 Å². The van der Waals surface area contributed by atoms with Crippen LogP contribution in [0.2, 0.25) is 10.0 Å². The van der Waals surface area contributed by atoms with Gasteiger partial charge in [0.05, 0.1) is 22.3 Å². The monoisotopic (exact) mass is 501 g/mol. The fourth-order valence-corrected chi connectivity index (χ4v) is 4.79. The minimum atomic E-state index is -0.260. The lowest BCUT2D eigenvalue weighted by Crippen LogP contribution is -2.46. The maximum absolute atomic E-state index is 14.4. The van der Waals surface area contributed by atoms with Gasteiger partial charge in [0.15, 0.2) is 11.6 Å². The van der Waals surface area contributed by atoms with Gasteiger partial charge in [-0.2, -0.15) is 0 Å². The van der Waals surface area contributed by atoms with Crippen LogP contribution in [0.3, 0.4) is 0 Å². The molecule has 0 atom stereocenters. The summed E-state index contributed by atoms with van der Waals surface area (Å²) in [6.07, 6.45) is 3.35. The van der Waals surface area contributed by atoms with Crippen molar-refractivity contribution in [3.05, 3.63) is 57.8 Å². The molecular formula is C24H31Cl3FN3O. The van der Waals surface area contributed by atoms with Crippen LogP contribution >= 0.6 is 35.6 Å². The lowest BCUT2D eigenvalue weighted by atomic mass is 10.2. The lowest BCUT2D eigenvalue weighted by molar-refractivity contribution is 0.221. The van der Waals surface area contributed by atoms with E-state index >= 15 is 0 Å². The van der Waals surface area contributed by atoms with Gasteiger partial charge >= 0.3 is 0 Å². The van der Waals surface area contributed by atoms with E-state index in [-0.39, 0.29) is 18.2 Å². The van der Waals surface area contributed by atoms with E-state index in [9.17, 15) is 4.39 Å². The summed E-state index contributed by atoms with van der Waals surface area (Å²) >= 11 is 12.5. The Bertz CT molecular complexity index is 872. The third-order valence-corrected chi connectivity index (χ3v) is 6.93. The van der Waals surface area contributed by atoms with E-state index in [0.717, 1.165) is 70.0 Å². The second-order valence-corrected chi connectivity index (χ2v) is 9.14. The maximum atomic E-state index is 14.4. The van der Waals surface area contributed by atoms with Crippen LogP contribution in [0.5, 0.6) is 5.75 Å². The topological polar surface area (TPSA) is 19.0 Å². The molecule has 4 nitrogen and oxygen atoms in total. The highest BCUT2D eigenvalue weighted by Crippen LogP contribution is 2.32. The molecular weight excluding hydrogens is 472 g/mol. The van der Waals surface area contributed by atoms with Gasteiger partial charge in [0, 0.05) is 39.3 Å². The molecule has 2 aromatic rings. The highest BCUT2D eigenvalue weighted by atomic mass is 35.5. The third kappa shape index (κ3) is 6.64. The van der Waals surface area contributed by atoms with E-state index in [2.05, 4.69) is 14.7 Å². The second kappa shape index (κ2) is 12.3. The molecule has 2 saturated heterocycles. The molecule has 2 aliphatic rings. The van der Waals surface area contributed by atoms with E-state index < -0.39 is 0 Å². The Labute approximate surface area is 206 Å². The van der Waals surface area contributed by atoms with E-state index in [4.69, 9.17) is 27.9 Å². The van der Waals surface area contributed by atoms with Gasteiger partial charge in [-0.3, -0.25) is 9.80 Å². The maximum Gasteiger partial charge on any atom is 0.165 e. The number of halogens is 4. The van der Waals surface area contributed by atoms with Gasteiger partial charge in [-0.1, -0.05) is 35.3 Å².